The highest BCUT2D eigenvalue weighted by atomic mass is 32.2. The fraction of sp³-hybridized carbons (Fsp3) is 0.800. The predicted molar refractivity (Wildman–Crippen MR) is 84.5 cm³/mol. The Labute approximate surface area is 138 Å². The molecule has 1 spiro atoms. The van der Waals surface area contributed by atoms with Gasteiger partial charge in [0.15, 0.2) is 0 Å². The van der Waals surface area contributed by atoms with E-state index in [4.69, 9.17) is 9.47 Å². The van der Waals surface area contributed by atoms with Gasteiger partial charge in [-0.3, -0.25) is 14.4 Å². The van der Waals surface area contributed by atoms with Crippen molar-refractivity contribution < 1.29 is 23.9 Å². The molecule has 3 aliphatic rings. The summed E-state index contributed by atoms with van der Waals surface area (Å²) < 4.78 is 9.57. The van der Waals surface area contributed by atoms with Gasteiger partial charge in [0.25, 0.3) is 0 Å². The van der Waals surface area contributed by atoms with E-state index in [1.807, 2.05) is 23.5 Å². The van der Waals surface area contributed by atoms with E-state index >= 15 is 0 Å². The van der Waals surface area contributed by atoms with Crippen molar-refractivity contribution in [2.75, 3.05) is 25.7 Å². The third-order valence-electron chi connectivity index (χ3n) is 5.12. The second-order valence-corrected chi connectivity index (χ2v) is 9.08. The van der Waals surface area contributed by atoms with Crippen molar-refractivity contribution in [3.8, 4) is 0 Å². The van der Waals surface area contributed by atoms with Gasteiger partial charge in [0.1, 0.15) is 11.7 Å². The number of carbonyl (C=O) groups excluding carboxylic acids is 3. The minimum atomic E-state index is -0.661. The van der Waals surface area contributed by atoms with Crippen LogP contribution in [0.1, 0.15) is 19.3 Å². The monoisotopic (exact) mass is 344 g/mol. The number of hydrogen-bond donors (Lipinski definition) is 0. The first-order valence-electron chi connectivity index (χ1n) is 7.50. The fourth-order valence-electron chi connectivity index (χ4n) is 4.15. The summed E-state index contributed by atoms with van der Waals surface area (Å²) in [6.07, 6.45) is 1.77. The molecule has 3 fully saturated rings. The summed E-state index contributed by atoms with van der Waals surface area (Å²) in [5, 5.41) is 0. The number of carbonyl (C=O) groups is 3. The van der Waals surface area contributed by atoms with Gasteiger partial charge < -0.3 is 9.47 Å². The van der Waals surface area contributed by atoms with Gasteiger partial charge >= 0.3 is 11.9 Å². The molecule has 2 bridgehead atoms. The largest absolute Gasteiger partial charge is 0.469 e. The van der Waals surface area contributed by atoms with Crippen LogP contribution in [0, 0.1) is 23.7 Å². The first-order valence-corrected chi connectivity index (χ1v) is 9.48. The molecule has 0 aromatic rings. The van der Waals surface area contributed by atoms with E-state index in [0.29, 0.717) is 12.8 Å². The molecule has 0 radical (unpaired) electrons. The van der Waals surface area contributed by atoms with Gasteiger partial charge in [0.05, 0.1) is 24.2 Å². The van der Waals surface area contributed by atoms with Crippen molar-refractivity contribution in [2.45, 2.75) is 23.3 Å². The Balaban J connectivity index is 1.93. The lowest BCUT2D eigenvalue weighted by Gasteiger charge is -2.50. The van der Waals surface area contributed by atoms with E-state index < -0.39 is 11.9 Å². The van der Waals surface area contributed by atoms with Gasteiger partial charge in [0, 0.05) is 17.4 Å². The third kappa shape index (κ3) is 2.37. The molecule has 2 aliphatic carbocycles. The molecule has 1 heterocycles. The van der Waals surface area contributed by atoms with Crippen LogP contribution in [0.15, 0.2) is 0 Å². The van der Waals surface area contributed by atoms with Crippen molar-refractivity contribution in [1.82, 2.24) is 0 Å². The highest BCUT2D eigenvalue weighted by Gasteiger charge is 2.60. The van der Waals surface area contributed by atoms with E-state index in [1.54, 1.807) is 0 Å². The van der Waals surface area contributed by atoms with Crippen LogP contribution in [-0.2, 0) is 23.9 Å². The van der Waals surface area contributed by atoms with Crippen molar-refractivity contribution in [2.24, 2.45) is 23.7 Å². The molecule has 5 nitrogen and oxygen atoms in total. The molecule has 3 rings (SSSR count). The van der Waals surface area contributed by atoms with Crippen LogP contribution in [-0.4, -0.2) is 47.5 Å². The number of methoxy groups -OCH3 is 2. The number of thioether (sulfide) groups is 2. The molecule has 2 saturated carbocycles. The molecule has 0 unspecified atom stereocenters. The summed E-state index contributed by atoms with van der Waals surface area (Å²) in [4.78, 5) is 36.8. The molecule has 0 amide bonds. The lowest BCUT2D eigenvalue weighted by Crippen LogP contribution is -2.54. The summed E-state index contributed by atoms with van der Waals surface area (Å²) in [6.45, 7) is 0. The Morgan fingerprint density at radius 1 is 1.05 bits per heavy atom. The number of ketones is 1. The zero-order valence-electron chi connectivity index (χ0n) is 12.7. The molecule has 0 N–H and O–H groups in total. The molecule has 1 saturated heterocycles. The number of ether oxygens (including phenoxy) is 2. The molecule has 1 aliphatic heterocycles. The number of Topliss-reactive ketones (excluding diaryl/α,β-unsaturated/α-hetero) is 1. The summed E-state index contributed by atoms with van der Waals surface area (Å²) in [6, 6.07) is 0. The highest BCUT2D eigenvalue weighted by molar-refractivity contribution is 8.21. The molecular formula is C15H20O5S2. The van der Waals surface area contributed by atoms with E-state index in [1.165, 1.54) is 14.2 Å². The predicted octanol–water partition coefficient (Wildman–Crippen LogP) is 1.74. The van der Waals surface area contributed by atoms with Gasteiger partial charge in [-0.1, -0.05) is 0 Å². The van der Waals surface area contributed by atoms with Gasteiger partial charge in [-0.05, 0) is 25.2 Å². The highest BCUT2D eigenvalue weighted by Crippen LogP contribution is 2.63. The molecule has 0 aromatic carbocycles. The second kappa shape index (κ2) is 6.07. The lowest BCUT2D eigenvalue weighted by atomic mass is 9.63. The van der Waals surface area contributed by atoms with Gasteiger partial charge in [-0.15, -0.1) is 23.5 Å². The van der Waals surface area contributed by atoms with E-state index in [9.17, 15) is 14.4 Å². The molecule has 122 valence electrons. The lowest BCUT2D eigenvalue weighted by molar-refractivity contribution is -0.157. The fourth-order valence-corrected chi connectivity index (χ4v) is 7.94. The number of hydrogen-bond acceptors (Lipinski definition) is 7. The Hall–Kier alpha value is -0.690. The number of fused-ring (bicyclic) bond motifs is 3. The van der Waals surface area contributed by atoms with Crippen LogP contribution in [0.4, 0.5) is 0 Å². The van der Waals surface area contributed by atoms with E-state index in [2.05, 4.69) is 0 Å². The molecule has 0 aromatic heterocycles. The standard InChI is InChI=1S/C15H20O5S2/c1-19-13(17)10-7-9-5-8(12(10)16)6-11(14(18)20-2)15(9)21-3-4-22-15/h8-11H,3-7H2,1-2H3/t8-,9+,10-,11-/m1/s1. The second-order valence-electron chi connectivity index (χ2n) is 6.07. The summed E-state index contributed by atoms with van der Waals surface area (Å²) in [7, 11) is 2.73. The maximum Gasteiger partial charge on any atom is 0.316 e. The van der Waals surface area contributed by atoms with E-state index in [-0.39, 0.29) is 33.6 Å². The zero-order valence-corrected chi connectivity index (χ0v) is 14.3. The van der Waals surface area contributed by atoms with Gasteiger partial charge in [0.2, 0.25) is 0 Å². The molecule has 4 atom stereocenters. The smallest absolute Gasteiger partial charge is 0.316 e. The average molecular weight is 344 g/mol. The van der Waals surface area contributed by atoms with Gasteiger partial charge in [-0.2, -0.15) is 0 Å². The Kier molecular flexibility index (Phi) is 4.47. The van der Waals surface area contributed by atoms with Gasteiger partial charge in [-0.25, -0.2) is 0 Å². The average Bonchev–Trinajstić information content (AvgIpc) is 3.02. The summed E-state index contributed by atoms with van der Waals surface area (Å²) >= 11 is 3.61. The molecular weight excluding hydrogens is 324 g/mol. The molecule has 7 heteroatoms. The SMILES string of the molecule is COC(=O)[C@@H]1C[C@@H]2C[C@H](C[C@H](C(=O)OC)C23SCCS3)C1=O. The number of rotatable bonds is 2. The normalized spacial score (nSPS) is 36.2. The first-order chi connectivity index (χ1) is 10.5. The zero-order chi connectivity index (χ0) is 15.9. The Bertz CT molecular complexity index is 500. The van der Waals surface area contributed by atoms with Crippen LogP contribution in [0.2, 0.25) is 0 Å². The number of esters is 2. The maximum atomic E-state index is 12.5. The topological polar surface area (TPSA) is 69.7 Å². The Morgan fingerprint density at radius 3 is 2.27 bits per heavy atom. The van der Waals surface area contributed by atoms with Crippen molar-refractivity contribution in [1.29, 1.82) is 0 Å². The van der Waals surface area contributed by atoms with Crippen LogP contribution in [0.5, 0.6) is 0 Å². The van der Waals surface area contributed by atoms with Crippen molar-refractivity contribution in [3.05, 3.63) is 0 Å². The third-order valence-corrected chi connectivity index (χ3v) is 9.04. The minimum Gasteiger partial charge on any atom is -0.469 e. The first kappa shape index (κ1) is 16.2. The van der Waals surface area contributed by atoms with Crippen LogP contribution in [0.3, 0.4) is 0 Å². The van der Waals surface area contributed by atoms with Crippen molar-refractivity contribution in [3.63, 3.8) is 0 Å². The van der Waals surface area contributed by atoms with Crippen LogP contribution >= 0.6 is 23.5 Å². The maximum absolute atomic E-state index is 12.5. The van der Waals surface area contributed by atoms with E-state index in [0.717, 1.165) is 17.9 Å². The van der Waals surface area contributed by atoms with Crippen LogP contribution in [0.25, 0.3) is 0 Å². The van der Waals surface area contributed by atoms with Crippen LogP contribution < -0.4 is 0 Å². The summed E-state index contributed by atoms with van der Waals surface area (Å²) in [5.74, 6) is 0.313. The molecule has 22 heavy (non-hydrogen) atoms. The van der Waals surface area contributed by atoms with Crippen molar-refractivity contribution >= 4 is 41.2 Å². The summed E-state index contributed by atoms with van der Waals surface area (Å²) in [5.41, 5.74) is 0. The quantitative estimate of drug-likeness (QED) is 0.558. The Morgan fingerprint density at radius 2 is 1.68 bits per heavy atom. The minimum absolute atomic E-state index is 0.0557.